The molecule has 0 aromatic heterocycles. The first-order chi connectivity index (χ1) is 5.21. The number of hydrogen-bond donors (Lipinski definition) is 0. The third-order valence-electron chi connectivity index (χ3n) is 1.55. The second-order valence-electron chi connectivity index (χ2n) is 2.25. The highest BCUT2D eigenvalue weighted by Gasteiger charge is 2.42. The minimum Gasteiger partial charge on any atom is -0.345 e. The largest absolute Gasteiger partial charge is 0.345 e. The van der Waals surface area contributed by atoms with Crippen LogP contribution in [0.25, 0.3) is 0 Å². The first-order valence-electron chi connectivity index (χ1n) is 3.33. The molecule has 0 unspecified atom stereocenters. The molecule has 1 saturated heterocycles. The molecule has 0 N–H and O–H groups in total. The van der Waals surface area contributed by atoms with Crippen LogP contribution in [0.4, 0.5) is 0 Å². The molecule has 0 saturated carbocycles. The summed E-state index contributed by atoms with van der Waals surface area (Å²) in [6.45, 7) is 1.07. The lowest BCUT2D eigenvalue weighted by Crippen LogP contribution is -2.37. The van der Waals surface area contributed by atoms with Gasteiger partial charge in [-0.3, -0.25) is 0 Å². The van der Waals surface area contributed by atoms with E-state index in [0.29, 0.717) is 25.5 Å². The molecule has 11 heavy (non-hydrogen) atoms. The van der Waals surface area contributed by atoms with Crippen LogP contribution in [0.5, 0.6) is 0 Å². The molecule has 0 radical (unpaired) electrons. The molecule has 5 heteroatoms. The third kappa shape index (κ3) is 2.13. The molecule has 1 aliphatic rings. The van der Waals surface area contributed by atoms with Crippen LogP contribution in [-0.4, -0.2) is 29.7 Å². The van der Waals surface area contributed by atoms with E-state index < -0.39 is 10.6 Å². The summed E-state index contributed by atoms with van der Waals surface area (Å²) in [5, 5.41) is 0. The summed E-state index contributed by atoms with van der Waals surface area (Å²) in [7, 11) is 0. The normalized spacial score (nSPS) is 22.9. The topological polar surface area (TPSA) is 18.5 Å². The molecule has 1 fully saturated rings. The van der Waals surface area contributed by atoms with Gasteiger partial charge in [0, 0.05) is 12.3 Å². The van der Waals surface area contributed by atoms with E-state index >= 15 is 0 Å². The van der Waals surface area contributed by atoms with Crippen LogP contribution < -0.4 is 0 Å². The van der Waals surface area contributed by atoms with E-state index in [-0.39, 0.29) is 0 Å². The molecular formula is C6H9Cl3O2. The van der Waals surface area contributed by atoms with Crippen molar-refractivity contribution in [2.75, 3.05) is 19.1 Å². The van der Waals surface area contributed by atoms with Crippen LogP contribution in [0.3, 0.4) is 0 Å². The number of alkyl halides is 3. The monoisotopic (exact) mass is 218 g/mol. The van der Waals surface area contributed by atoms with E-state index in [1.807, 2.05) is 0 Å². The predicted molar refractivity (Wildman–Crippen MR) is 45.5 cm³/mol. The Kier molecular flexibility index (Phi) is 3.72. The Morgan fingerprint density at radius 3 is 2.18 bits per heavy atom. The van der Waals surface area contributed by atoms with Crippen LogP contribution in [0.2, 0.25) is 0 Å². The Hall–Kier alpha value is 0.790. The SMILES string of the molecule is ClCCC1(C(Cl)Cl)OCCO1. The van der Waals surface area contributed by atoms with Gasteiger partial charge in [-0.1, -0.05) is 23.2 Å². The van der Waals surface area contributed by atoms with Gasteiger partial charge in [-0.25, -0.2) is 0 Å². The molecule has 0 atom stereocenters. The zero-order chi connectivity index (χ0) is 8.32. The molecule has 1 rings (SSSR count). The second-order valence-corrected chi connectivity index (χ2v) is 3.72. The van der Waals surface area contributed by atoms with Crippen LogP contribution in [0.1, 0.15) is 6.42 Å². The lowest BCUT2D eigenvalue weighted by atomic mass is 10.2. The molecule has 2 nitrogen and oxygen atoms in total. The minimum absolute atomic E-state index is 0.427. The Morgan fingerprint density at radius 2 is 1.82 bits per heavy atom. The van der Waals surface area contributed by atoms with Crippen molar-refractivity contribution in [1.82, 2.24) is 0 Å². The molecule has 1 aliphatic heterocycles. The number of ether oxygens (including phenoxy) is 2. The zero-order valence-corrected chi connectivity index (χ0v) is 8.12. The van der Waals surface area contributed by atoms with Gasteiger partial charge in [0.1, 0.15) is 0 Å². The molecule has 0 spiro atoms. The molecule has 0 aliphatic carbocycles. The van der Waals surface area contributed by atoms with E-state index in [0.717, 1.165) is 0 Å². The van der Waals surface area contributed by atoms with Crippen LogP contribution in [0.15, 0.2) is 0 Å². The van der Waals surface area contributed by atoms with E-state index in [2.05, 4.69) is 0 Å². The van der Waals surface area contributed by atoms with Crippen molar-refractivity contribution in [3.8, 4) is 0 Å². The van der Waals surface area contributed by atoms with Gasteiger partial charge in [0.2, 0.25) is 0 Å². The first-order valence-corrected chi connectivity index (χ1v) is 4.74. The number of halogens is 3. The van der Waals surface area contributed by atoms with Gasteiger partial charge >= 0.3 is 0 Å². The second kappa shape index (κ2) is 4.15. The van der Waals surface area contributed by atoms with E-state index in [9.17, 15) is 0 Å². The summed E-state index contributed by atoms with van der Waals surface area (Å²) in [5.74, 6) is -0.430. The molecule has 0 bridgehead atoms. The first kappa shape index (κ1) is 9.87. The van der Waals surface area contributed by atoms with Crippen molar-refractivity contribution in [2.45, 2.75) is 17.0 Å². The third-order valence-corrected chi connectivity index (χ3v) is 2.41. The summed E-state index contributed by atoms with van der Waals surface area (Å²) in [4.78, 5) is -0.677. The number of rotatable bonds is 3. The zero-order valence-electron chi connectivity index (χ0n) is 5.86. The van der Waals surface area contributed by atoms with Gasteiger partial charge < -0.3 is 9.47 Å². The van der Waals surface area contributed by atoms with Gasteiger partial charge in [-0.05, 0) is 0 Å². The molecule has 1 heterocycles. The highest BCUT2D eigenvalue weighted by molar-refractivity contribution is 6.45. The van der Waals surface area contributed by atoms with Crippen molar-refractivity contribution < 1.29 is 9.47 Å². The fourth-order valence-electron chi connectivity index (χ4n) is 0.982. The maximum absolute atomic E-state index is 5.68. The summed E-state index contributed by atoms with van der Waals surface area (Å²) in [6.07, 6.45) is 0.520. The predicted octanol–water partition coefficient (Wildman–Crippen LogP) is 2.16. The van der Waals surface area contributed by atoms with Gasteiger partial charge in [0.05, 0.1) is 13.2 Å². The summed E-state index contributed by atoms with van der Waals surface area (Å²) >= 11 is 16.9. The minimum atomic E-state index is -0.856. The van der Waals surface area contributed by atoms with Gasteiger partial charge in [-0.2, -0.15) is 0 Å². The van der Waals surface area contributed by atoms with Crippen molar-refractivity contribution in [1.29, 1.82) is 0 Å². The van der Waals surface area contributed by atoms with Gasteiger partial charge in [0.15, 0.2) is 10.6 Å². The maximum atomic E-state index is 5.68. The smallest absolute Gasteiger partial charge is 0.200 e. The molecule has 66 valence electrons. The standard InChI is InChI=1S/C6H9Cl3O2/c7-2-1-6(5(8)9)10-3-4-11-6/h5H,1-4H2. The Balaban J connectivity index is 2.55. The number of hydrogen-bond acceptors (Lipinski definition) is 2. The van der Waals surface area contributed by atoms with E-state index in [1.54, 1.807) is 0 Å². The average Bonchev–Trinajstić information content (AvgIpc) is 2.38. The van der Waals surface area contributed by atoms with Crippen LogP contribution >= 0.6 is 34.8 Å². The van der Waals surface area contributed by atoms with Crippen LogP contribution in [0, 0.1) is 0 Å². The van der Waals surface area contributed by atoms with Gasteiger partial charge in [-0.15, -0.1) is 11.6 Å². The lowest BCUT2D eigenvalue weighted by Gasteiger charge is -2.27. The van der Waals surface area contributed by atoms with Crippen molar-refractivity contribution in [2.24, 2.45) is 0 Å². The fourth-order valence-corrected chi connectivity index (χ4v) is 1.72. The Morgan fingerprint density at radius 1 is 1.27 bits per heavy atom. The molecule has 0 amide bonds. The Bertz CT molecular complexity index is 123. The molecule has 0 aromatic rings. The lowest BCUT2D eigenvalue weighted by molar-refractivity contribution is -0.147. The quantitative estimate of drug-likeness (QED) is 0.677. The molecule has 0 aromatic carbocycles. The van der Waals surface area contributed by atoms with Crippen molar-refractivity contribution >= 4 is 34.8 Å². The maximum Gasteiger partial charge on any atom is 0.200 e. The molecular weight excluding hydrogens is 210 g/mol. The van der Waals surface area contributed by atoms with Gasteiger partial charge in [0.25, 0.3) is 0 Å². The fraction of sp³-hybridized carbons (Fsp3) is 1.00. The van der Waals surface area contributed by atoms with E-state index in [1.165, 1.54) is 0 Å². The average molecular weight is 219 g/mol. The summed E-state index contributed by atoms with van der Waals surface area (Å²) < 4.78 is 10.5. The van der Waals surface area contributed by atoms with Crippen molar-refractivity contribution in [3.05, 3.63) is 0 Å². The highest BCUT2D eigenvalue weighted by atomic mass is 35.5. The highest BCUT2D eigenvalue weighted by Crippen LogP contribution is 2.33. The van der Waals surface area contributed by atoms with Crippen LogP contribution in [-0.2, 0) is 9.47 Å². The summed E-state index contributed by atoms with van der Waals surface area (Å²) in [6, 6.07) is 0. The van der Waals surface area contributed by atoms with E-state index in [4.69, 9.17) is 44.3 Å². The Labute approximate surface area is 80.7 Å². The summed E-state index contributed by atoms with van der Waals surface area (Å²) in [5.41, 5.74) is 0. The van der Waals surface area contributed by atoms with Crippen molar-refractivity contribution in [3.63, 3.8) is 0 Å².